The number of thiazole rings is 1. The van der Waals surface area contributed by atoms with Crippen LogP contribution in [0.1, 0.15) is 16.9 Å². The topological polar surface area (TPSA) is 45.7 Å². The number of aryl methyl sites for hydroxylation is 1. The fraction of sp³-hybridized carbons (Fsp3) is 0.429. The first-order valence-corrected chi connectivity index (χ1v) is 11.4. The van der Waals surface area contributed by atoms with Gasteiger partial charge in [0.2, 0.25) is 5.91 Å². The van der Waals surface area contributed by atoms with E-state index in [9.17, 15) is 4.79 Å². The van der Waals surface area contributed by atoms with Gasteiger partial charge in [0.15, 0.2) is 5.13 Å². The molecule has 1 aromatic carbocycles. The fourth-order valence-corrected chi connectivity index (χ4v) is 5.20. The molecule has 1 amide bonds. The Bertz CT molecular complexity index is 923. The number of amides is 1. The van der Waals surface area contributed by atoms with Crippen molar-refractivity contribution in [3.8, 4) is 0 Å². The molecule has 0 spiro atoms. The maximum atomic E-state index is 13.1. The van der Waals surface area contributed by atoms with Crippen molar-refractivity contribution in [2.45, 2.75) is 19.8 Å². The number of carbonyl (C=O) groups excluding carboxylic acids is 1. The van der Waals surface area contributed by atoms with E-state index in [-0.39, 0.29) is 18.3 Å². The quantitative estimate of drug-likeness (QED) is 0.534. The zero-order valence-electron chi connectivity index (χ0n) is 16.5. The number of rotatable bonds is 7. The van der Waals surface area contributed by atoms with Crippen LogP contribution >= 0.6 is 35.1 Å². The number of thiophene rings is 1. The molecule has 29 heavy (non-hydrogen) atoms. The van der Waals surface area contributed by atoms with Crippen LogP contribution in [0, 0.1) is 6.92 Å². The molecule has 4 rings (SSSR count). The van der Waals surface area contributed by atoms with Crippen molar-refractivity contribution in [1.29, 1.82) is 0 Å². The second kappa shape index (κ2) is 10.5. The molecular formula is C21H26ClN3O2S2. The molecule has 2 aromatic heterocycles. The van der Waals surface area contributed by atoms with Gasteiger partial charge in [0.05, 0.1) is 29.9 Å². The van der Waals surface area contributed by atoms with Crippen molar-refractivity contribution in [1.82, 2.24) is 9.88 Å². The number of ether oxygens (including phenoxy) is 1. The third-order valence-electron chi connectivity index (χ3n) is 4.93. The first-order valence-electron chi connectivity index (χ1n) is 9.69. The third kappa shape index (κ3) is 5.77. The van der Waals surface area contributed by atoms with Crippen LogP contribution in [0.25, 0.3) is 10.2 Å². The van der Waals surface area contributed by atoms with Crippen LogP contribution < -0.4 is 4.90 Å². The van der Waals surface area contributed by atoms with Crippen molar-refractivity contribution < 1.29 is 9.53 Å². The predicted molar refractivity (Wildman–Crippen MR) is 124 cm³/mol. The Morgan fingerprint density at radius 3 is 2.86 bits per heavy atom. The van der Waals surface area contributed by atoms with Gasteiger partial charge in [-0.05, 0) is 42.5 Å². The van der Waals surface area contributed by atoms with Gasteiger partial charge in [-0.1, -0.05) is 23.5 Å². The van der Waals surface area contributed by atoms with Crippen molar-refractivity contribution in [3.63, 3.8) is 0 Å². The van der Waals surface area contributed by atoms with Gasteiger partial charge in [-0.3, -0.25) is 14.6 Å². The van der Waals surface area contributed by atoms with Crippen molar-refractivity contribution in [2.75, 3.05) is 44.3 Å². The number of carbonyl (C=O) groups is 1. The average molecular weight is 452 g/mol. The second-order valence-electron chi connectivity index (χ2n) is 7.08. The molecule has 0 aliphatic carbocycles. The van der Waals surface area contributed by atoms with Gasteiger partial charge in [0.25, 0.3) is 0 Å². The molecule has 1 aliphatic rings. The Balaban J connectivity index is 0.00000240. The molecule has 8 heteroatoms. The Labute approximate surface area is 185 Å². The van der Waals surface area contributed by atoms with Crippen LogP contribution in [0.4, 0.5) is 5.13 Å². The van der Waals surface area contributed by atoms with E-state index in [0.29, 0.717) is 13.0 Å². The number of benzene rings is 1. The maximum absolute atomic E-state index is 13.1. The average Bonchev–Trinajstić information content (AvgIpc) is 3.35. The summed E-state index contributed by atoms with van der Waals surface area (Å²) in [7, 11) is 0. The lowest BCUT2D eigenvalue weighted by Gasteiger charge is -2.27. The highest BCUT2D eigenvalue weighted by Gasteiger charge is 2.21. The summed E-state index contributed by atoms with van der Waals surface area (Å²) in [4.78, 5) is 23.3. The molecule has 0 unspecified atom stereocenters. The minimum atomic E-state index is 0. The van der Waals surface area contributed by atoms with E-state index < -0.39 is 0 Å². The molecule has 0 saturated carbocycles. The van der Waals surface area contributed by atoms with E-state index in [4.69, 9.17) is 9.72 Å². The van der Waals surface area contributed by atoms with E-state index >= 15 is 0 Å². The zero-order chi connectivity index (χ0) is 19.3. The Hall–Kier alpha value is -1.51. The van der Waals surface area contributed by atoms with Gasteiger partial charge in [-0.25, -0.2) is 4.98 Å². The number of fused-ring (bicyclic) bond motifs is 1. The van der Waals surface area contributed by atoms with E-state index in [1.165, 1.54) is 5.56 Å². The summed E-state index contributed by atoms with van der Waals surface area (Å²) in [5.41, 5.74) is 2.18. The zero-order valence-corrected chi connectivity index (χ0v) is 19.0. The SMILES string of the molecule is Cc1ccc2nc(N(CCCN3CCOCC3)C(=O)Cc3cccs3)sc2c1.Cl. The highest BCUT2D eigenvalue weighted by Crippen LogP contribution is 2.30. The standard InChI is InChI=1S/C21H25N3O2S2.ClH/c1-16-5-6-18-19(14-16)28-21(22-18)24(20(25)15-17-4-2-13-27-17)8-3-7-23-9-11-26-12-10-23;/h2,4-6,13-14H,3,7-12,15H2,1H3;1H. The van der Waals surface area contributed by atoms with Crippen molar-refractivity contribution in [2.24, 2.45) is 0 Å². The Kier molecular flexibility index (Phi) is 8.03. The second-order valence-corrected chi connectivity index (χ2v) is 9.12. The van der Waals surface area contributed by atoms with Gasteiger partial charge >= 0.3 is 0 Å². The van der Waals surface area contributed by atoms with Crippen LogP contribution in [0.3, 0.4) is 0 Å². The van der Waals surface area contributed by atoms with Crippen molar-refractivity contribution >= 4 is 56.3 Å². The monoisotopic (exact) mass is 451 g/mol. The molecule has 156 valence electrons. The van der Waals surface area contributed by atoms with Gasteiger partial charge in [-0.2, -0.15) is 0 Å². The molecular weight excluding hydrogens is 426 g/mol. The number of hydrogen-bond donors (Lipinski definition) is 0. The number of morpholine rings is 1. The smallest absolute Gasteiger partial charge is 0.234 e. The third-order valence-corrected chi connectivity index (χ3v) is 6.85. The summed E-state index contributed by atoms with van der Waals surface area (Å²) < 4.78 is 6.56. The lowest BCUT2D eigenvalue weighted by molar-refractivity contribution is -0.118. The van der Waals surface area contributed by atoms with Gasteiger partial charge in [-0.15, -0.1) is 23.7 Å². The number of hydrogen-bond acceptors (Lipinski definition) is 6. The molecule has 5 nitrogen and oxygen atoms in total. The summed E-state index contributed by atoms with van der Waals surface area (Å²) in [6.07, 6.45) is 1.37. The molecule has 0 bridgehead atoms. The minimum Gasteiger partial charge on any atom is -0.379 e. The molecule has 1 fully saturated rings. The fourth-order valence-electron chi connectivity index (χ4n) is 3.40. The number of anilines is 1. The first kappa shape index (κ1) is 22.2. The highest BCUT2D eigenvalue weighted by molar-refractivity contribution is 7.22. The molecule has 0 atom stereocenters. The molecule has 0 N–H and O–H groups in total. The largest absolute Gasteiger partial charge is 0.379 e. The molecule has 1 saturated heterocycles. The summed E-state index contributed by atoms with van der Waals surface area (Å²) in [6.45, 7) is 7.32. The first-order chi connectivity index (χ1) is 13.7. The van der Waals surface area contributed by atoms with Crippen molar-refractivity contribution in [3.05, 3.63) is 46.2 Å². The van der Waals surface area contributed by atoms with E-state index in [1.807, 2.05) is 28.5 Å². The number of aromatic nitrogens is 1. The summed E-state index contributed by atoms with van der Waals surface area (Å²) in [5, 5.41) is 2.83. The van der Waals surface area contributed by atoms with E-state index in [2.05, 4.69) is 24.0 Å². The number of nitrogens with zero attached hydrogens (tertiary/aromatic N) is 3. The molecule has 3 heterocycles. The maximum Gasteiger partial charge on any atom is 0.234 e. The van der Waals surface area contributed by atoms with E-state index in [1.54, 1.807) is 22.7 Å². The normalized spacial score (nSPS) is 14.7. The lowest BCUT2D eigenvalue weighted by atomic mass is 10.2. The minimum absolute atomic E-state index is 0. The number of halogens is 1. The molecule has 3 aromatic rings. The van der Waals surface area contributed by atoms with E-state index in [0.717, 1.165) is 59.5 Å². The van der Waals surface area contributed by atoms with Gasteiger partial charge < -0.3 is 4.74 Å². The van der Waals surface area contributed by atoms with Crippen LogP contribution in [0.5, 0.6) is 0 Å². The predicted octanol–water partition coefficient (Wildman–Crippen LogP) is 4.39. The summed E-state index contributed by atoms with van der Waals surface area (Å²) in [6, 6.07) is 10.3. The summed E-state index contributed by atoms with van der Waals surface area (Å²) >= 11 is 3.24. The van der Waals surface area contributed by atoms with Crippen LogP contribution in [0.15, 0.2) is 35.7 Å². The Morgan fingerprint density at radius 2 is 2.10 bits per heavy atom. The van der Waals surface area contributed by atoms with Gasteiger partial charge in [0, 0.05) is 31.1 Å². The summed E-state index contributed by atoms with van der Waals surface area (Å²) in [5.74, 6) is 0.125. The van der Waals surface area contributed by atoms with Crippen LogP contribution in [-0.4, -0.2) is 55.2 Å². The molecule has 0 radical (unpaired) electrons. The van der Waals surface area contributed by atoms with Crippen LogP contribution in [0.2, 0.25) is 0 Å². The lowest BCUT2D eigenvalue weighted by Crippen LogP contribution is -2.39. The molecule has 1 aliphatic heterocycles. The Morgan fingerprint density at radius 1 is 1.28 bits per heavy atom. The van der Waals surface area contributed by atoms with Crippen LogP contribution in [-0.2, 0) is 16.0 Å². The highest BCUT2D eigenvalue weighted by atomic mass is 35.5. The van der Waals surface area contributed by atoms with Gasteiger partial charge in [0.1, 0.15) is 0 Å².